The summed E-state index contributed by atoms with van der Waals surface area (Å²) in [5, 5.41) is 2.53. The molecule has 1 aromatic rings. The summed E-state index contributed by atoms with van der Waals surface area (Å²) in [4.78, 5) is 24.6. The molecule has 5 nitrogen and oxygen atoms in total. The number of piperazine rings is 1. The summed E-state index contributed by atoms with van der Waals surface area (Å²) in [5.74, 6) is -1.04. The minimum Gasteiger partial charge on any atom is -0.346 e. The predicted molar refractivity (Wildman–Crippen MR) is 66.9 cm³/mol. The number of hydrogen-bond donors (Lipinski definition) is 2. The molecular weight excluding hydrogens is 230 g/mol. The van der Waals surface area contributed by atoms with Crippen molar-refractivity contribution in [2.75, 3.05) is 18.0 Å². The second-order valence-electron chi connectivity index (χ2n) is 4.92. The lowest BCUT2D eigenvalue weighted by atomic mass is 10.0. The van der Waals surface area contributed by atoms with Crippen molar-refractivity contribution in [3.05, 3.63) is 29.8 Å². The quantitative estimate of drug-likeness (QED) is 0.725. The Balaban J connectivity index is 1.92. The number of anilines is 1. The van der Waals surface area contributed by atoms with Gasteiger partial charge in [0.2, 0.25) is 0 Å². The number of rotatable bonds is 2. The molecule has 2 fully saturated rings. The second-order valence-corrected chi connectivity index (χ2v) is 4.92. The third-order valence-electron chi connectivity index (χ3n) is 3.58. The van der Waals surface area contributed by atoms with Gasteiger partial charge in [-0.25, -0.2) is 0 Å². The largest absolute Gasteiger partial charge is 0.346 e. The van der Waals surface area contributed by atoms with Crippen molar-refractivity contribution in [1.29, 1.82) is 0 Å². The van der Waals surface area contributed by atoms with E-state index in [0.29, 0.717) is 13.1 Å². The summed E-state index contributed by atoms with van der Waals surface area (Å²) in [5.41, 5.74) is 7.71. The van der Waals surface area contributed by atoms with Crippen LogP contribution in [0.4, 0.5) is 5.69 Å². The molecule has 0 unspecified atom stereocenters. The second kappa shape index (κ2) is 3.81. The third kappa shape index (κ3) is 1.76. The van der Waals surface area contributed by atoms with Crippen LogP contribution in [-0.4, -0.2) is 24.9 Å². The van der Waals surface area contributed by atoms with Gasteiger partial charge in [-0.1, -0.05) is 12.1 Å². The normalized spacial score (nSPS) is 21.7. The maximum absolute atomic E-state index is 11.8. The van der Waals surface area contributed by atoms with Crippen molar-refractivity contribution in [2.24, 2.45) is 5.73 Å². The Bertz CT molecular complexity index is 523. The van der Waals surface area contributed by atoms with Crippen LogP contribution < -0.4 is 16.0 Å². The van der Waals surface area contributed by atoms with Crippen LogP contribution in [0, 0.1) is 0 Å². The SMILES string of the molecule is NC1(c2cccc(N3CCNC(=O)C3=O)c2)CC1. The Hall–Kier alpha value is -1.88. The number of nitrogens with zero attached hydrogens (tertiary/aromatic N) is 1. The van der Waals surface area contributed by atoms with E-state index in [9.17, 15) is 9.59 Å². The van der Waals surface area contributed by atoms with Crippen molar-refractivity contribution in [2.45, 2.75) is 18.4 Å². The summed E-state index contributed by atoms with van der Waals surface area (Å²) >= 11 is 0. The van der Waals surface area contributed by atoms with E-state index in [1.807, 2.05) is 24.3 Å². The molecule has 2 aliphatic rings. The lowest BCUT2D eigenvalue weighted by molar-refractivity contribution is -0.138. The molecule has 0 bridgehead atoms. The molecule has 3 rings (SSSR count). The maximum atomic E-state index is 11.8. The summed E-state index contributed by atoms with van der Waals surface area (Å²) in [6.45, 7) is 0.994. The van der Waals surface area contributed by atoms with Crippen molar-refractivity contribution in [3.8, 4) is 0 Å². The van der Waals surface area contributed by atoms with E-state index in [1.54, 1.807) is 0 Å². The summed E-state index contributed by atoms with van der Waals surface area (Å²) in [6, 6.07) is 7.62. The molecule has 0 atom stereocenters. The summed E-state index contributed by atoms with van der Waals surface area (Å²) in [6.07, 6.45) is 1.95. The van der Waals surface area contributed by atoms with Gasteiger partial charge in [0.15, 0.2) is 0 Å². The van der Waals surface area contributed by atoms with Gasteiger partial charge < -0.3 is 16.0 Å². The number of nitrogens with one attached hydrogen (secondary N) is 1. The number of amides is 2. The van der Waals surface area contributed by atoms with E-state index in [-0.39, 0.29) is 5.54 Å². The van der Waals surface area contributed by atoms with Crippen molar-refractivity contribution in [1.82, 2.24) is 5.32 Å². The van der Waals surface area contributed by atoms with Crippen LogP contribution in [-0.2, 0) is 15.1 Å². The topological polar surface area (TPSA) is 75.4 Å². The van der Waals surface area contributed by atoms with Crippen LogP contribution in [0.5, 0.6) is 0 Å². The van der Waals surface area contributed by atoms with E-state index in [1.165, 1.54) is 4.90 Å². The lowest BCUT2D eigenvalue weighted by Gasteiger charge is -2.27. The summed E-state index contributed by atoms with van der Waals surface area (Å²) in [7, 11) is 0. The highest BCUT2D eigenvalue weighted by Crippen LogP contribution is 2.43. The fourth-order valence-corrected chi connectivity index (χ4v) is 2.23. The van der Waals surface area contributed by atoms with Crippen molar-refractivity contribution < 1.29 is 9.59 Å². The van der Waals surface area contributed by atoms with E-state index in [2.05, 4.69) is 5.32 Å². The van der Waals surface area contributed by atoms with Gasteiger partial charge in [-0.15, -0.1) is 0 Å². The molecule has 3 N–H and O–H groups in total. The molecule has 0 spiro atoms. The Morgan fingerprint density at radius 3 is 2.78 bits per heavy atom. The van der Waals surface area contributed by atoms with Gasteiger partial charge in [-0.3, -0.25) is 9.59 Å². The van der Waals surface area contributed by atoms with Gasteiger partial charge in [0.1, 0.15) is 0 Å². The molecule has 0 radical (unpaired) electrons. The van der Waals surface area contributed by atoms with Crippen LogP contribution in [0.3, 0.4) is 0 Å². The zero-order valence-corrected chi connectivity index (χ0v) is 9.98. The molecule has 2 amide bonds. The zero-order valence-electron chi connectivity index (χ0n) is 9.98. The van der Waals surface area contributed by atoms with Crippen LogP contribution in [0.1, 0.15) is 18.4 Å². The van der Waals surface area contributed by atoms with Crippen LogP contribution >= 0.6 is 0 Å². The molecule has 1 saturated heterocycles. The molecule has 1 aliphatic carbocycles. The Kier molecular flexibility index (Phi) is 2.38. The fourth-order valence-electron chi connectivity index (χ4n) is 2.23. The molecule has 1 aromatic carbocycles. The minimum absolute atomic E-state index is 0.225. The lowest BCUT2D eigenvalue weighted by Crippen LogP contribution is -2.52. The number of carbonyl (C=O) groups excluding carboxylic acids is 2. The van der Waals surface area contributed by atoms with Gasteiger partial charge >= 0.3 is 11.8 Å². The van der Waals surface area contributed by atoms with E-state index < -0.39 is 11.8 Å². The first-order chi connectivity index (χ1) is 8.60. The minimum atomic E-state index is -0.541. The Morgan fingerprint density at radius 2 is 2.06 bits per heavy atom. The van der Waals surface area contributed by atoms with E-state index in [4.69, 9.17) is 5.73 Å². The van der Waals surface area contributed by atoms with E-state index >= 15 is 0 Å². The molecular formula is C13H15N3O2. The molecule has 5 heteroatoms. The van der Waals surface area contributed by atoms with Crippen LogP contribution in [0.25, 0.3) is 0 Å². The predicted octanol–water partition coefficient (Wildman–Crippen LogP) is 0.0972. The highest BCUT2D eigenvalue weighted by atomic mass is 16.2. The van der Waals surface area contributed by atoms with Crippen LogP contribution in [0.15, 0.2) is 24.3 Å². The first-order valence-electron chi connectivity index (χ1n) is 6.09. The Morgan fingerprint density at radius 1 is 1.28 bits per heavy atom. The number of benzene rings is 1. The zero-order chi connectivity index (χ0) is 12.8. The molecule has 1 saturated carbocycles. The molecule has 94 valence electrons. The average molecular weight is 245 g/mol. The van der Waals surface area contributed by atoms with Crippen molar-refractivity contribution >= 4 is 17.5 Å². The first kappa shape index (κ1) is 11.2. The average Bonchev–Trinajstić information content (AvgIpc) is 3.12. The molecule has 0 aromatic heterocycles. The maximum Gasteiger partial charge on any atom is 0.316 e. The number of hydrogen-bond acceptors (Lipinski definition) is 3. The highest BCUT2D eigenvalue weighted by molar-refractivity contribution is 6.41. The standard InChI is InChI=1S/C13H15N3O2/c14-13(4-5-13)9-2-1-3-10(8-9)16-7-6-15-11(17)12(16)18/h1-3,8H,4-7,14H2,(H,15,17). The molecule has 1 aliphatic heterocycles. The molecule has 1 heterocycles. The van der Waals surface area contributed by atoms with E-state index in [0.717, 1.165) is 24.1 Å². The monoisotopic (exact) mass is 245 g/mol. The Labute approximate surface area is 105 Å². The van der Waals surface area contributed by atoms with Gasteiger partial charge in [0.05, 0.1) is 0 Å². The van der Waals surface area contributed by atoms with Gasteiger partial charge in [-0.05, 0) is 30.5 Å². The number of nitrogens with two attached hydrogens (primary N) is 1. The highest BCUT2D eigenvalue weighted by Gasteiger charge is 2.40. The van der Waals surface area contributed by atoms with Gasteiger partial charge in [-0.2, -0.15) is 0 Å². The summed E-state index contributed by atoms with van der Waals surface area (Å²) < 4.78 is 0. The van der Waals surface area contributed by atoms with Gasteiger partial charge in [0.25, 0.3) is 0 Å². The number of carbonyl (C=O) groups is 2. The van der Waals surface area contributed by atoms with Crippen LogP contribution in [0.2, 0.25) is 0 Å². The fraction of sp³-hybridized carbons (Fsp3) is 0.385. The first-order valence-corrected chi connectivity index (χ1v) is 6.09. The smallest absolute Gasteiger partial charge is 0.316 e. The van der Waals surface area contributed by atoms with Crippen molar-refractivity contribution in [3.63, 3.8) is 0 Å². The molecule has 18 heavy (non-hydrogen) atoms. The van der Waals surface area contributed by atoms with Gasteiger partial charge in [0, 0.05) is 24.3 Å². The third-order valence-corrected chi connectivity index (χ3v) is 3.58.